The van der Waals surface area contributed by atoms with Crippen molar-refractivity contribution in [2.45, 2.75) is 26.1 Å². The summed E-state index contributed by atoms with van der Waals surface area (Å²) in [6, 6.07) is 3.54. The molecule has 2 nitrogen and oxygen atoms in total. The monoisotopic (exact) mass is 308 g/mol. The summed E-state index contributed by atoms with van der Waals surface area (Å²) in [5.41, 5.74) is 2.27. The standard InChI is InChI=1S/C14H19F3N2.ClH/c1-10-3-4-12(9-11(10)2)13(14(15,16)17)19-7-5-18-6-8-19;/h3-4,9,13,18H,5-8H2,1-2H3;1H/t13-;/m0./s1. The molecule has 0 radical (unpaired) electrons. The van der Waals surface area contributed by atoms with Crippen LogP contribution >= 0.6 is 12.4 Å². The van der Waals surface area contributed by atoms with E-state index in [-0.39, 0.29) is 12.4 Å². The van der Waals surface area contributed by atoms with Gasteiger partial charge >= 0.3 is 6.18 Å². The summed E-state index contributed by atoms with van der Waals surface area (Å²) in [4.78, 5) is 1.51. The first-order valence-electron chi connectivity index (χ1n) is 6.48. The summed E-state index contributed by atoms with van der Waals surface area (Å²) in [6.45, 7) is 5.83. The van der Waals surface area contributed by atoms with Gasteiger partial charge in [-0.05, 0) is 30.5 Å². The molecule has 0 saturated carbocycles. The van der Waals surface area contributed by atoms with E-state index in [1.54, 1.807) is 18.2 Å². The Morgan fingerprint density at radius 3 is 2.20 bits per heavy atom. The van der Waals surface area contributed by atoms with Gasteiger partial charge in [0.2, 0.25) is 0 Å². The van der Waals surface area contributed by atoms with Crippen LogP contribution in [0, 0.1) is 13.8 Å². The lowest BCUT2D eigenvalue weighted by atomic mass is 9.99. The second kappa shape index (κ2) is 6.78. The lowest BCUT2D eigenvalue weighted by Gasteiger charge is -2.36. The molecule has 0 amide bonds. The first-order chi connectivity index (χ1) is 8.89. The second-order valence-electron chi connectivity index (χ2n) is 5.07. The predicted octanol–water partition coefficient (Wildman–Crippen LogP) is 3.23. The predicted molar refractivity (Wildman–Crippen MR) is 76.4 cm³/mol. The number of halogens is 4. The fourth-order valence-corrected chi connectivity index (χ4v) is 2.48. The summed E-state index contributed by atoms with van der Waals surface area (Å²) < 4.78 is 40.1. The summed E-state index contributed by atoms with van der Waals surface area (Å²) in [6.07, 6.45) is -4.24. The highest BCUT2D eigenvalue weighted by molar-refractivity contribution is 5.85. The molecule has 1 aliphatic rings. The lowest BCUT2D eigenvalue weighted by Crippen LogP contribution is -2.49. The minimum atomic E-state index is -4.24. The van der Waals surface area contributed by atoms with Gasteiger partial charge in [-0.2, -0.15) is 13.2 Å². The van der Waals surface area contributed by atoms with Gasteiger partial charge in [0.25, 0.3) is 0 Å². The number of piperazine rings is 1. The molecule has 1 atom stereocenters. The number of nitrogens with one attached hydrogen (secondary N) is 1. The normalized spacial score (nSPS) is 18.4. The molecular formula is C14H20ClF3N2. The van der Waals surface area contributed by atoms with Crippen LogP contribution in [0.2, 0.25) is 0 Å². The van der Waals surface area contributed by atoms with E-state index in [1.165, 1.54) is 4.90 Å². The van der Waals surface area contributed by atoms with Gasteiger partial charge in [-0.25, -0.2) is 0 Å². The Morgan fingerprint density at radius 2 is 1.70 bits per heavy atom. The molecule has 1 fully saturated rings. The van der Waals surface area contributed by atoms with Crippen LogP contribution in [0.3, 0.4) is 0 Å². The Kier molecular flexibility index (Phi) is 5.86. The van der Waals surface area contributed by atoms with Crippen molar-refractivity contribution in [2.24, 2.45) is 0 Å². The zero-order valence-corrected chi connectivity index (χ0v) is 12.4. The first kappa shape index (κ1) is 17.3. The summed E-state index contributed by atoms with van der Waals surface area (Å²) >= 11 is 0. The van der Waals surface area contributed by atoms with Crippen molar-refractivity contribution in [2.75, 3.05) is 26.2 Å². The fourth-order valence-electron chi connectivity index (χ4n) is 2.48. The smallest absolute Gasteiger partial charge is 0.314 e. The largest absolute Gasteiger partial charge is 0.408 e. The average molecular weight is 309 g/mol. The van der Waals surface area contributed by atoms with Crippen LogP contribution in [-0.4, -0.2) is 37.3 Å². The zero-order chi connectivity index (χ0) is 14.0. The Morgan fingerprint density at radius 1 is 1.10 bits per heavy atom. The molecule has 114 valence electrons. The topological polar surface area (TPSA) is 15.3 Å². The molecule has 0 unspecified atom stereocenters. The van der Waals surface area contributed by atoms with Crippen molar-refractivity contribution in [3.63, 3.8) is 0 Å². The number of nitrogens with zero attached hydrogens (tertiary/aromatic N) is 1. The van der Waals surface area contributed by atoms with E-state index in [9.17, 15) is 13.2 Å². The number of aryl methyl sites for hydroxylation is 2. The molecule has 1 N–H and O–H groups in total. The number of benzene rings is 1. The van der Waals surface area contributed by atoms with Crippen LogP contribution in [0.25, 0.3) is 0 Å². The van der Waals surface area contributed by atoms with Gasteiger partial charge in [0, 0.05) is 26.2 Å². The summed E-state index contributed by atoms with van der Waals surface area (Å²) in [5.74, 6) is 0. The third-order valence-corrected chi connectivity index (χ3v) is 3.67. The van der Waals surface area contributed by atoms with Crippen LogP contribution in [0.15, 0.2) is 18.2 Å². The molecule has 1 aliphatic heterocycles. The van der Waals surface area contributed by atoms with E-state index in [4.69, 9.17) is 0 Å². The Balaban J connectivity index is 0.00000200. The molecule has 1 heterocycles. The molecule has 0 bridgehead atoms. The van der Waals surface area contributed by atoms with E-state index in [0.717, 1.165) is 11.1 Å². The maximum Gasteiger partial charge on any atom is 0.408 e. The van der Waals surface area contributed by atoms with Crippen LogP contribution in [0.1, 0.15) is 22.7 Å². The van der Waals surface area contributed by atoms with Crippen molar-refractivity contribution >= 4 is 12.4 Å². The highest BCUT2D eigenvalue weighted by Crippen LogP contribution is 2.38. The van der Waals surface area contributed by atoms with Gasteiger partial charge in [0.15, 0.2) is 0 Å². The SMILES string of the molecule is Cc1ccc([C@H](N2CCNCC2)C(F)(F)F)cc1C.Cl. The van der Waals surface area contributed by atoms with Crippen molar-refractivity contribution < 1.29 is 13.2 Å². The third-order valence-electron chi connectivity index (χ3n) is 3.67. The average Bonchev–Trinajstić information content (AvgIpc) is 2.34. The molecule has 2 rings (SSSR count). The van der Waals surface area contributed by atoms with E-state index in [1.807, 2.05) is 13.8 Å². The first-order valence-corrected chi connectivity index (χ1v) is 6.48. The maximum absolute atomic E-state index is 13.4. The van der Waals surface area contributed by atoms with E-state index >= 15 is 0 Å². The number of rotatable bonds is 2. The van der Waals surface area contributed by atoms with Gasteiger partial charge in [0.1, 0.15) is 6.04 Å². The minimum Gasteiger partial charge on any atom is -0.314 e. The Hall–Kier alpha value is -0.780. The van der Waals surface area contributed by atoms with Crippen molar-refractivity contribution in [3.8, 4) is 0 Å². The van der Waals surface area contributed by atoms with Gasteiger partial charge in [-0.3, -0.25) is 4.90 Å². The number of alkyl halides is 3. The maximum atomic E-state index is 13.4. The van der Waals surface area contributed by atoms with Crippen LogP contribution in [0.4, 0.5) is 13.2 Å². The fraction of sp³-hybridized carbons (Fsp3) is 0.571. The van der Waals surface area contributed by atoms with Gasteiger partial charge < -0.3 is 5.32 Å². The molecule has 0 aromatic heterocycles. The van der Waals surface area contributed by atoms with E-state index in [0.29, 0.717) is 31.7 Å². The molecule has 0 aliphatic carbocycles. The quantitative estimate of drug-likeness (QED) is 0.902. The van der Waals surface area contributed by atoms with Crippen LogP contribution in [-0.2, 0) is 0 Å². The minimum absolute atomic E-state index is 0. The molecule has 0 spiro atoms. The van der Waals surface area contributed by atoms with Crippen molar-refractivity contribution in [1.82, 2.24) is 10.2 Å². The summed E-state index contributed by atoms with van der Waals surface area (Å²) in [5, 5.41) is 3.08. The van der Waals surface area contributed by atoms with E-state index in [2.05, 4.69) is 5.32 Å². The highest BCUT2D eigenvalue weighted by Gasteiger charge is 2.44. The van der Waals surface area contributed by atoms with Crippen LogP contribution < -0.4 is 5.32 Å². The molecule has 6 heteroatoms. The second-order valence-corrected chi connectivity index (χ2v) is 5.07. The van der Waals surface area contributed by atoms with Crippen molar-refractivity contribution in [3.05, 3.63) is 34.9 Å². The van der Waals surface area contributed by atoms with E-state index < -0.39 is 12.2 Å². The molecule has 1 aromatic rings. The Bertz CT molecular complexity index is 443. The van der Waals surface area contributed by atoms with Crippen molar-refractivity contribution in [1.29, 1.82) is 0 Å². The summed E-state index contributed by atoms with van der Waals surface area (Å²) in [7, 11) is 0. The highest BCUT2D eigenvalue weighted by atomic mass is 35.5. The van der Waals surface area contributed by atoms with Gasteiger partial charge in [-0.1, -0.05) is 18.2 Å². The third kappa shape index (κ3) is 3.87. The molecule has 1 aromatic carbocycles. The lowest BCUT2D eigenvalue weighted by molar-refractivity contribution is -0.187. The molecule has 1 saturated heterocycles. The van der Waals surface area contributed by atoms with Gasteiger partial charge in [-0.15, -0.1) is 12.4 Å². The zero-order valence-electron chi connectivity index (χ0n) is 11.6. The molecule has 20 heavy (non-hydrogen) atoms. The number of hydrogen-bond acceptors (Lipinski definition) is 2. The Labute approximate surface area is 123 Å². The van der Waals surface area contributed by atoms with Crippen LogP contribution in [0.5, 0.6) is 0 Å². The number of hydrogen-bond donors (Lipinski definition) is 1. The van der Waals surface area contributed by atoms with Gasteiger partial charge in [0.05, 0.1) is 0 Å². The molecular weight excluding hydrogens is 289 g/mol.